The van der Waals surface area contributed by atoms with Crippen LogP contribution in [0.3, 0.4) is 0 Å². The highest BCUT2D eigenvalue weighted by Gasteiger charge is 2.12. The quantitative estimate of drug-likeness (QED) is 0.889. The lowest BCUT2D eigenvalue weighted by Crippen LogP contribution is -2.13. The van der Waals surface area contributed by atoms with Crippen molar-refractivity contribution in [2.24, 2.45) is 0 Å². The Balaban J connectivity index is 2.04. The zero-order valence-corrected chi connectivity index (χ0v) is 12.1. The molecular formula is C15H15BrFNO. The molecule has 2 N–H and O–H groups in total. The first-order valence-corrected chi connectivity index (χ1v) is 6.80. The van der Waals surface area contributed by atoms with Gasteiger partial charge in [-0.1, -0.05) is 24.3 Å². The molecule has 19 heavy (non-hydrogen) atoms. The summed E-state index contributed by atoms with van der Waals surface area (Å²) in [5.41, 5.74) is 2.33. The minimum atomic E-state index is -0.880. The number of benzene rings is 2. The van der Waals surface area contributed by atoms with E-state index in [0.717, 1.165) is 15.7 Å². The molecule has 0 amide bonds. The molecule has 0 aliphatic carbocycles. The lowest BCUT2D eigenvalue weighted by Gasteiger charge is -2.15. The summed E-state index contributed by atoms with van der Waals surface area (Å²) in [6.07, 6.45) is -0.880. The maximum Gasteiger partial charge on any atom is 0.129 e. The van der Waals surface area contributed by atoms with Crippen LogP contribution in [-0.4, -0.2) is 11.7 Å². The van der Waals surface area contributed by atoms with Gasteiger partial charge in [0.2, 0.25) is 0 Å². The Morgan fingerprint density at radius 1 is 1.26 bits per heavy atom. The summed E-state index contributed by atoms with van der Waals surface area (Å²) in [6.45, 7) is 2.26. The van der Waals surface area contributed by atoms with Crippen LogP contribution in [0.2, 0.25) is 0 Å². The highest BCUT2D eigenvalue weighted by molar-refractivity contribution is 9.10. The number of rotatable bonds is 4. The van der Waals surface area contributed by atoms with E-state index in [1.807, 2.05) is 25.1 Å². The monoisotopic (exact) mass is 323 g/mol. The minimum Gasteiger partial charge on any atom is -0.386 e. The van der Waals surface area contributed by atoms with Crippen LogP contribution < -0.4 is 5.32 Å². The maximum atomic E-state index is 13.5. The van der Waals surface area contributed by atoms with E-state index in [1.165, 1.54) is 6.07 Å². The fourth-order valence-electron chi connectivity index (χ4n) is 1.83. The summed E-state index contributed by atoms with van der Waals surface area (Å²) >= 11 is 3.45. The predicted octanol–water partition coefficient (Wildman–Crippen LogP) is 4.04. The molecule has 2 aromatic rings. The fraction of sp³-hybridized carbons (Fsp3) is 0.200. The summed E-state index contributed by atoms with van der Waals surface area (Å²) in [6, 6.07) is 12.1. The van der Waals surface area contributed by atoms with Gasteiger partial charge in [0.05, 0.1) is 6.10 Å². The molecule has 0 aromatic heterocycles. The van der Waals surface area contributed by atoms with Crippen molar-refractivity contribution in [1.29, 1.82) is 0 Å². The number of hydrogen-bond acceptors (Lipinski definition) is 2. The second-order valence-electron chi connectivity index (χ2n) is 4.40. The van der Waals surface area contributed by atoms with E-state index in [-0.39, 0.29) is 12.4 Å². The zero-order chi connectivity index (χ0) is 13.8. The van der Waals surface area contributed by atoms with Gasteiger partial charge in [-0.3, -0.25) is 0 Å². The number of aliphatic hydroxyl groups is 1. The molecule has 0 aliphatic heterocycles. The number of aryl methyl sites for hydroxylation is 1. The minimum absolute atomic E-state index is 0.253. The van der Waals surface area contributed by atoms with Crippen molar-refractivity contribution in [3.05, 3.63) is 63.9 Å². The number of hydrogen-bond donors (Lipinski definition) is 2. The molecule has 100 valence electrons. The molecule has 0 heterocycles. The van der Waals surface area contributed by atoms with Crippen molar-refractivity contribution in [2.75, 3.05) is 11.9 Å². The number of nitrogens with one attached hydrogen (secondary N) is 1. The average molecular weight is 324 g/mol. The van der Waals surface area contributed by atoms with E-state index < -0.39 is 6.10 Å². The van der Waals surface area contributed by atoms with Crippen LogP contribution in [0.4, 0.5) is 10.1 Å². The Hall–Kier alpha value is -1.39. The first-order chi connectivity index (χ1) is 9.08. The van der Waals surface area contributed by atoms with Gasteiger partial charge in [-0.2, -0.15) is 0 Å². The van der Waals surface area contributed by atoms with Gasteiger partial charge in [0.25, 0.3) is 0 Å². The van der Waals surface area contributed by atoms with Gasteiger partial charge in [-0.15, -0.1) is 0 Å². The van der Waals surface area contributed by atoms with E-state index in [4.69, 9.17) is 0 Å². The largest absolute Gasteiger partial charge is 0.386 e. The van der Waals surface area contributed by atoms with Gasteiger partial charge in [-0.05, 0) is 46.6 Å². The van der Waals surface area contributed by atoms with Crippen molar-refractivity contribution >= 4 is 21.6 Å². The van der Waals surface area contributed by atoms with Crippen molar-refractivity contribution in [3.63, 3.8) is 0 Å². The second kappa shape index (κ2) is 6.17. The number of anilines is 1. The molecular weight excluding hydrogens is 309 g/mol. The Bertz CT molecular complexity index is 574. The number of aliphatic hydroxyl groups excluding tert-OH is 1. The van der Waals surface area contributed by atoms with E-state index in [2.05, 4.69) is 21.2 Å². The van der Waals surface area contributed by atoms with Gasteiger partial charge in [0.15, 0.2) is 0 Å². The van der Waals surface area contributed by atoms with Gasteiger partial charge < -0.3 is 10.4 Å². The summed E-state index contributed by atoms with van der Waals surface area (Å²) in [5, 5.41) is 13.1. The van der Waals surface area contributed by atoms with Crippen molar-refractivity contribution < 1.29 is 9.50 Å². The van der Waals surface area contributed by atoms with Crippen molar-refractivity contribution in [1.82, 2.24) is 0 Å². The summed E-state index contributed by atoms with van der Waals surface area (Å²) < 4.78 is 14.4. The van der Waals surface area contributed by atoms with Crippen LogP contribution in [0.5, 0.6) is 0 Å². The van der Waals surface area contributed by atoms with E-state index in [9.17, 15) is 9.50 Å². The van der Waals surface area contributed by atoms with Crippen LogP contribution >= 0.6 is 15.9 Å². The van der Waals surface area contributed by atoms with Crippen LogP contribution in [0, 0.1) is 12.7 Å². The molecule has 0 radical (unpaired) electrons. The average Bonchev–Trinajstić information content (AvgIpc) is 2.38. The standard InChI is InChI=1S/C15H15BrFNO/c1-10-6-7-14(12(16)8-10)18-9-15(19)11-4-2-3-5-13(11)17/h2-8,15,18-19H,9H2,1H3. The van der Waals surface area contributed by atoms with Gasteiger partial charge >= 0.3 is 0 Å². The summed E-state index contributed by atoms with van der Waals surface area (Å²) in [5.74, 6) is -0.389. The smallest absolute Gasteiger partial charge is 0.129 e. The molecule has 2 aromatic carbocycles. The third-order valence-electron chi connectivity index (χ3n) is 2.87. The fourth-order valence-corrected chi connectivity index (χ4v) is 2.46. The molecule has 2 rings (SSSR count). The highest BCUT2D eigenvalue weighted by atomic mass is 79.9. The van der Waals surface area contributed by atoms with E-state index in [1.54, 1.807) is 18.2 Å². The lowest BCUT2D eigenvalue weighted by atomic mass is 10.1. The van der Waals surface area contributed by atoms with Gasteiger partial charge in [0.1, 0.15) is 5.82 Å². The van der Waals surface area contributed by atoms with E-state index in [0.29, 0.717) is 5.56 Å². The van der Waals surface area contributed by atoms with E-state index >= 15 is 0 Å². The maximum absolute atomic E-state index is 13.5. The zero-order valence-electron chi connectivity index (χ0n) is 10.5. The second-order valence-corrected chi connectivity index (χ2v) is 5.26. The van der Waals surface area contributed by atoms with Crippen LogP contribution in [0.15, 0.2) is 46.9 Å². The molecule has 0 bridgehead atoms. The molecule has 0 fully saturated rings. The normalized spacial score (nSPS) is 12.2. The Labute approximate surface area is 120 Å². The third-order valence-corrected chi connectivity index (χ3v) is 3.53. The molecule has 0 saturated heterocycles. The van der Waals surface area contributed by atoms with Crippen LogP contribution in [0.1, 0.15) is 17.2 Å². The molecule has 2 nitrogen and oxygen atoms in total. The van der Waals surface area contributed by atoms with Crippen LogP contribution in [0.25, 0.3) is 0 Å². The van der Waals surface area contributed by atoms with Gasteiger partial charge in [0, 0.05) is 22.3 Å². The Morgan fingerprint density at radius 3 is 2.68 bits per heavy atom. The SMILES string of the molecule is Cc1ccc(NCC(O)c2ccccc2F)c(Br)c1. The van der Waals surface area contributed by atoms with Crippen molar-refractivity contribution in [3.8, 4) is 0 Å². The summed E-state index contributed by atoms with van der Waals surface area (Å²) in [7, 11) is 0. The molecule has 1 atom stereocenters. The van der Waals surface area contributed by atoms with Crippen molar-refractivity contribution in [2.45, 2.75) is 13.0 Å². The third kappa shape index (κ3) is 3.55. The summed E-state index contributed by atoms with van der Waals surface area (Å²) in [4.78, 5) is 0. The first kappa shape index (κ1) is 14.0. The molecule has 1 unspecified atom stereocenters. The lowest BCUT2D eigenvalue weighted by molar-refractivity contribution is 0.186. The molecule has 4 heteroatoms. The Kier molecular flexibility index (Phi) is 4.56. The topological polar surface area (TPSA) is 32.3 Å². The van der Waals surface area contributed by atoms with Crippen LogP contribution in [-0.2, 0) is 0 Å². The highest BCUT2D eigenvalue weighted by Crippen LogP contribution is 2.24. The first-order valence-electron chi connectivity index (χ1n) is 6.00. The predicted molar refractivity (Wildman–Crippen MR) is 78.7 cm³/mol. The Morgan fingerprint density at radius 2 is 2.00 bits per heavy atom. The molecule has 0 spiro atoms. The molecule has 0 saturated carbocycles. The number of halogens is 2. The van der Waals surface area contributed by atoms with Gasteiger partial charge in [-0.25, -0.2) is 4.39 Å². The molecule has 0 aliphatic rings.